The summed E-state index contributed by atoms with van der Waals surface area (Å²) in [5.74, 6) is 1.09. The summed E-state index contributed by atoms with van der Waals surface area (Å²) in [6, 6.07) is 5.74. The molecule has 3 aromatic rings. The van der Waals surface area contributed by atoms with Crippen LogP contribution in [0.25, 0.3) is 23.0 Å². The maximum atomic E-state index is 8.25. The third-order valence-corrected chi connectivity index (χ3v) is 4.83. The van der Waals surface area contributed by atoms with E-state index in [1.807, 2.05) is 18.2 Å². The Balaban J connectivity index is -0.00000117. The molecule has 0 saturated heterocycles. The van der Waals surface area contributed by atoms with E-state index >= 15 is 0 Å². The van der Waals surface area contributed by atoms with Crippen LogP contribution >= 0.6 is 0 Å². The van der Waals surface area contributed by atoms with Gasteiger partial charge in [-0.2, -0.15) is 10.2 Å². The minimum absolute atomic E-state index is 0. The summed E-state index contributed by atoms with van der Waals surface area (Å²) < 4.78 is 0. The smallest absolute Gasteiger partial charge is 0.200 e. The Morgan fingerprint density at radius 3 is 1.15 bits per heavy atom. The Morgan fingerprint density at radius 2 is 0.854 bits per heavy atom. The van der Waals surface area contributed by atoms with Crippen molar-refractivity contribution in [2.24, 2.45) is 0 Å². The minimum atomic E-state index is -1.75. The van der Waals surface area contributed by atoms with Gasteiger partial charge in [-0.3, -0.25) is 0 Å². The second kappa shape index (κ2) is 23.3. The molecule has 0 N–H and O–H groups in total. The average molecular weight is 800 g/mol. The van der Waals surface area contributed by atoms with E-state index in [0.29, 0.717) is 23.0 Å². The van der Waals surface area contributed by atoms with Gasteiger partial charge in [0.25, 0.3) is 0 Å². The maximum absolute atomic E-state index is 8.25. The van der Waals surface area contributed by atoms with E-state index in [1.165, 1.54) is 0 Å². The van der Waals surface area contributed by atoms with Gasteiger partial charge in [-0.1, -0.05) is 59.4 Å². The molecule has 0 fully saturated rings. The molecule has 18 heteroatoms. The van der Waals surface area contributed by atoms with Crippen LogP contribution in [0.2, 0.25) is 0 Å². The third kappa shape index (κ3) is 15.8. The number of aryl methyl sites for hydroxylation is 4. The number of aromatic nitrogens is 7. The van der Waals surface area contributed by atoms with Crippen LogP contribution in [0.5, 0.6) is 0 Å². The first-order valence-electron chi connectivity index (χ1n) is 12.2. The molecule has 0 radical (unpaired) electrons. The second-order valence-electron chi connectivity index (χ2n) is 7.91. The van der Waals surface area contributed by atoms with Crippen LogP contribution in [0.4, 0.5) is 0 Å². The molecule has 3 aromatic heterocycles. The number of pyridine rings is 1. The van der Waals surface area contributed by atoms with Crippen molar-refractivity contribution in [3.63, 3.8) is 0 Å². The van der Waals surface area contributed by atoms with Gasteiger partial charge in [0.15, 0.2) is 0 Å². The molecular weight excluding hydrogens is 768 g/mol. The van der Waals surface area contributed by atoms with Crippen molar-refractivity contribution in [1.82, 2.24) is 35.3 Å². The van der Waals surface area contributed by atoms with Crippen molar-refractivity contribution in [3.8, 4) is 23.0 Å². The monoisotopic (exact) mass is 799 g/mol. The largest absolute Gasteiger partial charge is 2.00 e. The minimum Gasteiger partial charge on any atom is -2.00 e. The molecule has 0 aliphatic carbocycles. The van der Waals surface area contributed by atoms with Gasteiger partial charge in [0.2, 0.25) is 11.6 Å². The quantitative estimate of drug-likeness (QED) is 0.208. The standard InChI is InChI=1S/C23H31N7.2NO3.2O.U/c1-5-10-16-18(12-7-3)27-29-22(25-16)20-14-9-15-21(24-20)23-26-17(11-6-2)19(13-8-4)28-30-23;2*2-1(3)4;;;/h9,14-15H,5-8,10-13H2,1-4H3;;;;;/q;2*-1;2*-2;. The summed E-state index contributed by atoms with van der Waals surface area (Å²) in [5, 5.41) is 47.1. The Bertz CT molecular complexity index is 1100. The Labute approximate surface area is 260 Å². The summed E-state index contributed by atoms with van der Waals surface area (Å²) in [7, 11) is 0. The van der Waals surface area contributed by atoms with Crippen molar-refractivity contribution < 1.29 is 52.2 Å². The maximum Gasteiger partial charge on any atom is 0.200 e. The molecular formula is C23H31N9O8U-6. The molecule has 0 saturated carbocycles. The zero-order chi connectivity index (χ0) is 28.5. The molecule has 0 aromatic carbocycles. The normalized spacial score (nSPS) is 9.27. The Morgan fingerprint density at radius 1 is 0.561 bits per heavy atom. The summed E-state index contributed by atoms with van der Waals surface area (Å²) in [6.45, 7) is 8.58. The first-order valence-corrected chi connectivity index (χ1v) is 12.2. The molecule has 0 aliphatic heterocycles. The molecule has 3 heterocycles. The van der Waals surface area contributed by atoms with E-state index in [0.717, 1.165) is 74.1 Å². The fourth-order valence-electron chi connectivity index (χ4n) is 3.40. The molecule has 0 atom stereocenters. The topological polar surface area (TPSA) is 280 Å². The van der Waals surface area contributed by atoms with E-state index in [1.54, 1.807) is 0 Å². The van der Waals surface area contributed by atoms with Crippen LogP contribution in [0.3, 0.4) is 0 Å². The molecule has 0 amide bonds. The molecule has 3 rings (SSSR count). The van der Waals surface area contributed by atoms with Crippen LogP contribution in [0.15, 0.2) is 18.2 Å². The molecule has 226 valence electrons. The predicted octanol–water partition coefficient (Wildman–Crippen LogP) is 3.88. The zero-order valence-corrected chi connectivity index (χ0v) is 27.3. The van der Waals surface area contributed by atoms with Crippen LogP contribution in [0.1, 0.15) is 76.2 Å². The first kappa shape index (κ1) is 42.0. The van der Waals surface area contributed by atoms with Gasteiger partial charge in [-0.15, -0.1) is 10.2 Å². The van der Waals surface area contributed by atoms with Crippen molar-refractivity contribution >= 4 is 0 Å². The van der Waals surface area contributed by atoms with Gasteiger partial charge < -0.3 is 41.6 Å². The van der Waals surface area contributed by atoms with E-state index in [9.17, 15) is 0 Å². The van der Waals surface area contributed by atoms with Crippen molar-refractivity contribution in [1.29, 1.82) is 0 Å². The molecule has 0 aliphatic rings. The van der Waals surface area contributed by atoms with Crippen molar-refractivity contribution in [2.75, 3.05) is 0 Å². The SMILES string of the molecule is CCCc1nnc(-c2cccc(-c3nnc(CCC)c(CCC)n3)n2)nc1CCC.O=[N+]([O-])[O-].O=[N+]([O-])[O-].[O-2].[O-2].[U]. The number of hydrogen-bond donors (Lipinski definition) is 0. The van der Waals surface area contributed by atoms with Crippen molar-refractivity contribution in [2.45, 2.75) is 79.1 Å². The van der Waals surface area contributed by atoms with E-state index in [4.69, 9.17) is 45.6 Å². The van der Waals surface area contributed by atoms with Gasteiger partial charge >= 0.3 is 0 Å². The number of hydrogen-bond acceptors (Lipinski definition) is 13. The molecule has 0 bridgehead atoms. The fraction of sp³-hybridized carbons (Fsp3) is 0.522. The van der Waals surface area contributed by atoms with Crippen LogP contribution in [-0.4, -0.2) is 45.5 Å². The molecule has 0 unspecified atom stereocenters. The predicted molar refractivity (Wildman–Crippen MR) is 140 cm³/mol. The van der Waals surface area contributed by atoms with Crippen LogP contribution in [0, 0.1) is 61.8 Å². The van der Waals surface area contributed by atoms with E-state index in [-0.39, 0.29) is 42.1 Å². The average Bonchev–Trinajstić information content (AvgIpc) is 2.86. The Hall–Kier alpha value is -3.46. The molecule has 41 heavy (non-hydrogen) atoms. The van der Waals surface area contributed by atoms with E-state index in [2.05, 4.69) is 48.1 Å². The first-order chi connectivity index (χ1) is 18.2. The van der Waals surface area contributed by atoms with Crippen LogP contribution < -0.4 is 0 Å². The summed E-state index contributed by atoms with van der Waals surface area (Å²) in [5.41, 5.74) is 5.37. The van der Waals surface area contributed by atoms with Crippen LogP contribution in [-0.2, 0) is 36.6 Å². The third-order valence-electron chi connectivity index (χ3n) is 4.83. The Kier molecular flexibility index (Phi) is 23.8. The summed E-state index contributed by atoms with van der Waals surface area (Å²) in [6.07, 6.45) is 7.67. The van der Waals surface area contributed by atoms with Gasteiger partial charge in [0.05, 0.1) is 32.9 Å². The summed E-state index contributed by atoms with van der Waals surface area (Å²) in [4.78, 5) is 30.8. The second-order valence-corrected chi connectivity index (χ2v) is 7.91. The van der Waals surface area contributed by atoms with Gasteiger partial charge in [0.1, 0.15) is 11.4 Å². The number of rotatable bonds is 10. The van der Waals surface area contributed by atoms with E-state index < -0.39 is 10.2 Å². The number of nitrogens with zero attached hydrogens (tertiary/aromatic N) is 9. The zero-order valence-electron chi connectivity index (χ0n) is 23.2. The van der Waals surface area contributed by atoms with Crippen molar-refractivity contribution in [3.05, 3.63) is 71.6 Å². The fourth-order valence-corrected chi connectivity index (χ4v) is 3.40. The molecule has 17 nitrogen and oxygen atoms in total. The van der Waals surface area contributed by atoms with Gasteiger partial charge in [-0.05, 0) is 37.8 Å². The van der Waals surface area contributed by atoms with Gasteiger partial charge in [-0.25, -0.2) is 15.0 Å². The van der Waals surface area contributed by atoms with Gasteiger partial charge in [0, 0.05) is 31.1 Å². The summed E-state index contributed by atoms with van der Waals surface area (Å²) >= 11 is 0. The molecule has 0 spiro atoms.